The van der Waals surface area contributed by atoms with Gasteiger partial charge in [0.2, 0.25) is 0 Å². The monoisotopic (exact) mass is 367 g/mol. The fourth-order valence-electron chi connectivity index (χ4n) is 3.31. The lowest BCUT2D eigenvalue weighted by Crippen LogP contribution is -2.10. The number of ketones is 1. The van der Waals surface area contributed by atoms with E-state index in [2.05, 4.69) is 0 Å². The Hall–Kier alpha value is -3.02. The van der Waals surface area contributed by atoms with Crippen LogP contribution in [0.4, 0.5) is 5.69 Å². The summed E-state index contributed by atoms with van der Waals surface area (Å²) in [6, 6.07) is 11.9. The van der Waals surface area contributed by atoms with Gasteiger partial charge in [-0.3, -0.25) is 19.7 Å². The molecule has 1 aliphatic carbocycles. The minimum absolute atomic E-state index is 0.0451. The van der Waals surface area contributed by atoms with Gasteiger partial charge in [0.1, 0.15) is 6.61 Å². The number of carbonyl (C=O) groups excluding carboxylic acids is 2. The van der Waals surface area contributed by atoms with Gasteiger partial charge in [-0.15, -0.1) is 0 Å². The Balaban J connectivity index is 1.52. The van der Waals surface area contributed by atoms with Gasteiger partial charge in [0, 0.05) is 18.1 Å². The Labute approximate surface area is 157 Å². The molecular formula is C21H21NO5. The molecule has 0 saturated heterocycles. The molecule has 0 radical (unpaired) electrons. The van der Waals surface area contributed by atoms with Crippen LogP contribution >= 0.6 is 0 Å². The number of benzene rings is 2. The fraction of sp³-hybridized carbons (Fsp3) is 0.333. The minimum Gasteiger partial charge on any atom is -0.461 e. The average molecular weight is 367 g/mol. The van der Waals surface area contributed by atoms with E-state index in [0.717, 1.165) is 19.3 Å². The van der Waals surface area contributed by atoms with Crippen molar-refractivity contribution in [2.45, 2.75) is 45.1 Å². The predicted octanol–water partition coefficient (Wildman–Crippen LogP) is 4.18. The molecule has 0 unspecified atom stereocenters. The van der Waals surface area contributed by atoms with E-state index in [9.17, 15) is 19.7 Å². The van der Waals surface area contributed by atoms with Gasteiger partial charge in [0.15, 0.2) is 5.78 Å². The third-order valence-electron chi connectivity index (χ3n) is 4.80. The van der Waals surface area contributed by atoms with Gasteiger partial charge in [-0.1, -0.05) is 24.3 Å². The Morgan fingerprint density at radius 2 is 1.74 bits per heavy atom. The lowest BCUT2D eigenvalue weighted by Gasteiger charge is -2.16. The van der Waals surface area contributed by atoms with E-state index in [1.54, 1.807) is 18.2 Å². The number of esters is 1. The number of fused-ring (bicyclic) bond motifs is 1. The van der Waals surface area contributed by atoms with Crippen LogP contribution in [0.15, 0.2) is 42.5 Å². The van der Waals surface area contributed by atoms with E-state index < -0.39 is 10.9 Å². The quantitative estimate of drug-likeness (QED) is 0.317. The van der Waals surface area contributed by atoms with Crippen LogP contribution in [0.25, 0.3) is 0 Å². The highest BCUT2D eigenvalue weighted by atomic mass is 16.6. The molecule has 0 saturated carbocycles. The van der Waals surface area contributed by atoms with E-state index in [0.29, 0.717) is 11.1 Å². The van der Waals surface area contributed by atoms with Crippen molar-refractivity contribution >= 4 is 17.4 Å². The van der Waals surface area contributed by atoms with Crippen molar-refractivity contribution in [3.05, 3.63) is 74.8 Å². The summed E-state index contributed by atoms with van der Waals surface area (Å²) in [6.45, 7) is -0.178. The molecule has 0 heterocycles. The number of Topliss-reactive ketones (excluding diaryl/α,β-unsaturated/α-hetero) is 1. The van der Waals surface area contributed by atoms with Gasteiger partial charge in [0.05, 0.1) is 16.9 Å². The number of carbonyl (C=O) groups is 2. The van der Waals surface area contributed by atoms with Crippen molar-refractivity contribution in [2.24, 2.45) is 0 Å². The van der Waals surface area contributed by atoms with Gasteiger partial charge >= 0.3 is 5.97 Å². The number of nitrogens with zero attached hydrogens (tertiary/aromatic N) is 1. The van der Waals surface area contributed by atoms with Gasteiger partial charge in [-0.05, 0) is 48.9 Å². The zero-order valence-corrected chi connectivity index (χ0v) is 15.0. The first-order chi connectivity index (χ1) is 13.0. The number of ether oxygens (including phenoxy) is 1. The maximum absolute atomic E-state index is 12.4. The van der Waals surface area contributed by atoms with Crippen LogP contribution < -0.4 is 0 Å². The van der Waals surface area contributed by atoms with Gasteiger partial charge in [-0.2, -0.15) is 0 Å². The maximum Gasteiger partial charge on any atom is 0.306 e. The van der Waals surface area contributed by atoms with Crippen LogP contribution in [-0.4, -0.2) is 16.7 Å². The summed E-state index contributed by atoms with van der Waals surface area (Å²) in [5.41, 5.74) is 3.40. The first-order valence-electron chi connectivity index (χ1n) is 9.07. The zero-order valence-electron chi connectivity index (χ0n) is 15.0. The van der Waals surface area contributed by atoms with Crippen molar-refractivity contribution in [1.82, 2.24) is 0 Å². The van der Waals surface area contributed by atoms with E-state index >= 15 is 0 Å². The van der Waals surface area contributed by atoms with E-state index in [-0.39, 0.29) is 30.9 Å². The molecule has 0 bridgehead atoms. The molecule has 140 valence electrons. The van der Waals surface area contributed by atoms with Crippen LogP contribution in [0.2, 0.25) is 0 Å². The third-order valence-corrected chi connectivity index (χ3v) is 4.80. The summed E-state index contributed by atoms with van der Waals surface area (Å²) >= 11 is 0. The molecule has 0 atom stereocenters. The maximum atomic E-state index is 12.4. The largest absolute Gasteiger partial charge is 0.461 e. The van der Waals surface area contributed by atoms with E-state index in [4.69, 9.17) is 4.74 Å². The number of aryl methyl sites for hydroxylation is 2. The smallest absolute Gasteiger partial charge is 0.306 e. The molecule has 0 N–H and O–H groups in total. The molecule has 1 aliphatic rings. The molecule has 3 rings (SSSR count). The summed E-state index contributed by atoms with van der Waals surface area (Å²) < 4.78 is 5.10. The van der Waals surface area contributed by atoms with Crippen LogP contribution in [-0.2, 0) is 29.0 Å². The molecule has 6 heteroatoms. The van der Waals surface area contributed by atoms with E-state index in [1.165, 1.54) is 23.6 Å². The molecule has 0 amide bonds. The number of para-hydroxylation sites is 1. The number of hydrogen-bond donors (Lipinski definition) is 0. The molecule has 0 fully saturated rings. The van der Waals surface area contributed by atoms with Crippen molar-refractivity contribution in [1.29, 1.82) is 0 Å². The summed E-state index contributed by atoms with van der Waals surface area (Å²) in [7, 11) is 0. The summed E-state index contributed by atoms with van der Waals surface area (Å²) in [5.74, 6) is -0.634. The SMILES string of the molecule is O=C(CCC(=O)c1ccc2c(c1)CCCC2)OCc1ccccc1[N+](=O)[O-]. The van der Waals surface area contributed by atoms with Gasteiger partial charge in [-0.25, -0.2) is 0 Å². The highest BCUT2D eigenvalue weighted by molar-refractivity contribution is 5.97. The highest BCUT2D eigenvalue weighted by Gasteiger charge is 2.16. The molecule has 0 spiro atoms. The standard InChI is InChI=1S/C21H21NO5/c23-20(17-10-9-15-5-1-2-6-16(15)13-17)11-12-21(24)27-14-18-7-3-4-8-19(18)22(25)26/h3-4,7-10,13H,1-2,5-6,11-12,14H2. The van der Waals surface area contributed by atoms with Crippen molar-refractivity contribution < 1.29 is 19.2 Å². The number of rotatable bonds is 7. The van der Waals surface area contributed by atoms with Crippen molar-refractivity contribution in [3.8, 4) is 0 Å². The highest BCUT2D eigenvalue weighted by Crippen LogP contribution is 2.23. The first kappa shape index (κ1) is 18.8. The number of hydrogen-bond acceptors (Lipinski definition) is 5. The second-order valence-corrected chi connectivity index (χ2v) is 6.66. The lowest BCUT2D eigenvalue weighted by molar-refractivity contribution is -0.385. The van der Waals surface area contributed by atoms with Crippen LogP contribution in [0.3, 0.4) is 0 Å². The second kappa shape index (κ2) is 8.58. The first-order valence-corrected chi connectivity index (χ1v) is 9.07. The van der Waals surface area contributed by atoms with Crippen LogP contribution in [0, 0.1) is 10.1 Å². The third kappa shape index (κ3) is 4.78. The molecule has 0 aliphatic heterocycles. The van der Waals surface area contributed by atoms with Gasteiger partial charge < -0.3 is 4.74 Å². The fourth-order valence-corrected chi connectivity index (χ4v) is 3.31. The Morgan fingerprint density at radius 3 is 2.52 bits per heavy atom. The van der Waals surface area contributed by atoms with Crippen molar-refractivity contribution in [2.75, 3.05) is 0 Å². The Bertz CT molecular complexity index is 875. The number of nitro groups is 1. The minimum atomic E-state index is -0.542. The van der Waals surface area contributed by atoms with Crippen LogP contribution in [0.5, 0.6) is 0 Å². The average Bonchev–Trinajstić information content (AvgIpc) is 2.70. The second-order valence-electron chi connectivity index (χ2n) is 6.66. The summed E-state index contributed by atoms with van der Waals surface area (Å²) in [4.78, 5) is 34.7. The summed E-state index contributed by atoms with van der Waals surface area (Å²) in [6.07, 6.45) is 4.40. The Morgan fingerprint density at radius 1 is 1.00 bits per heavy atom. The number of nitro benzene ring substituents is 1. The lowest BCUT2D eigenvalue weighted by atomic mass is 9.89. The van der Waals surface area contributed by atoms with E-state index in [1.807, 2.05) is 18.2 Å². The molecule has 27 heavy (non-hydrogen) atoms. The molecule has 2 aromatic rings. The molecular weight excluding hydrogens is 346 g/mol. The van der Waals surface area contributed by atoms with Crippen molar-refractivity contribution in [3.63, 3.8) is 0 Å². The molecule has 2 aromatic carbocycles. The predicted molar refractivity (Wildman–Crippen MR) is 99.5 cm³/mol. The normalized spacial score (nSPS) is 12.9. The molecule has 0 aromatic heterocycles. The Kier molecular flexibility index (Phi) is 5.96. The topological polar surface area (TPSA) is 86.5 Å². The van der Waals surface area contributed by atoms with Gasteiger partial charge in [0.25, 0.3) is 5.69 Å². The molecule has 6 nitrogen and oxygen atoms in total. The zero-order chi connectivity index (χ0) is 19.2. The summed E-state index contributed by atoms with van der Waals surface area (Å²) in [5, 5.41) is 11.0. The van der Waals surface area contributed by atoms with Crippen LogP contribution in [0.1, 0.15) is 52.7 Å².